The van der Waals surface area contributed by atoms with E-state index in [0.29, 0.717) is 0 Å². The molecule has 7 nitrogen and oxygen atoms in total. The van der Waals surface area contributed by atoms with Crippen molar-refractivity contribution < 1.29 is 33.6 Å². The summed E-state index contributed by atoms with van der Waals surface area (Å²) in [6, 6.07) is 2.49. The zero-order valence-corrected chi connectivity index (χ0v) is 10.3. The number of benzene rings is 1. The van der Waals surface area contributed by atoms with E-state index in [-0.39, 0.29) is 29.4 Å². The van der Waals surface area contributed by atoms with Gasteiger partial charge in [0.15, 0.2) is 11.5 Å². The van der Waals surface area contributed by atoms with Crippen LogP contribution in [0, 0.1) is 0 Å². The first-order chi connectivity index (χ1) is 9.06. The number of carbonyl (C=O) groups is 2. The standard InChI is InChI=1S/C12H12O7/c1-3-17-11(15)12-18-8-5-6(10(14)16-2)4-7(13)9(8)19-12/h4-5,12-13H,3H2,1-2H3. The first-order valence-electron chi connectivity index (χ1n) is 5.52. The molecule has 19 heavy (non-hydrogen) atoms. The molecule has 0 fully saturated rings. The molecule has 0 saturated heterocycles. The van der Waals surface area contributed by atoms with Gasteiger partial charge in [0.25, 0.3) is 0 Å². The summed E-state index contributed by atoms with van der Waals surface area (Å²) in [5.41, 5.74) is 0.0897. The minimum atomic E-state index is -1.28. The van der Waals surface area contributed by atoms with E-state index < -0.39 is 18.2 Å². The molecule has 1 heterocycles. The number of ether oxygens (including phenoxy) is 4. The molecule has 0 radical (unpaired) electrons. The van der Waals surface area contributed by atoms with Crippen LogP contribution in [0.5, 0.6) is 17.2 Å². The Kier molecular flexibility index (Phi) is 3.46. The molecule has 1 aromatic carbocycles. The minimum absolute atomic E-state index is 0.00861. The van der Waals surface area contributed by atoms with Crippen molar-refractivity contribution >= 4 is 11.9 Å². The second-order valence-electron chi connectivity index (χ2n) is 3.63. The molecule has 102 valence electrons. The molecule has 1 aliphatic rings. The van der Waals surface area contributed by atoms with Crippen molar-refractivity contribution in [1.82, 2.24) is 0 Å². The lowest BCUT2D eigenvalue weighted by Crippen LogP contribution is -2.30. The van der Waals surface area contributed by atoms with Crippen molar-refractivity contribution in [2.75, 3.05) is 13.7 Å². The van der Waals surface area contributed by atoms with E-state index in [1.54, 1.807) is 6.92 Å². The first kappa shape index (κ1) is 13.0. The summed E-state index contributed by atoms with van der Waals surface area (Å²) >= 11 is 0. The van der Waals surface area contributed by atoms with Crippen LogP contribution in [-0.2, 0) is 14.3 Å². The van der Waals surface area contributed by atoms with Crippen molar-refractivity contribution in [3.05, 3.63) is 17.7 Å². The normalized spacial score (nSPS) is 16.0. The number of fused-ring (bicyclic) bond motifs is 1. The Morgan fingerprint density at radius 2 is 2.11 bits per heavy atom. The van der Waals surface area contributed by atoms with E-state index in [0.717, 1.165) is 0 Å². The van der Waals surface area contributed by atoms with Crippen molar-refractivity contribution in [1.29, 1.82) is 0 Å². The SMILES string of the molecule is CCOC(=O)C1Oc2cc(C(=O)OC)cc(O)c2O1. The van der Waals surface area contributed by atoms with E-state index >= 15 is 0 Å². The maximum Gasteiger partial charge on any atom is 0.389 e. The highest BCUT2D eigenvalue weighted by atomic mass is 16.7. The summed E-state index contributed by atoms with van der Waals surface area (Å²) < 4.78 is 19.6. The fraction of sp³-hybridized carbons (Fsp3) is 0.333. The van der Waals surface area contributed by atoms with Crippen LogP contribution in [0.25, 0.3) is 0 Å². The highest BCUT2D eigenvalue weighted by molar-refractivity contribution is 5.91. The van der Waals surface area contributed by atoms with Gasteiger partial charge >= 0.3 is 18.2 Å². The Morgan fingerprint density at radius 1 is 1.37 bits per heavy atom. The fourth-order valence-electron chi connectivity index (χ4n) is 1.58. The van der Waals surface area contributed by atoms with E-state index in [9.17, 15) is 14.7 Å². The molecule has 0 aliphatic carbocycles. The number of carbonyl (C=O) groups excluding carboxylic acids is 2. The van der Waals surface area contributed by atoms with Gasteiger partial charge in [0.2, 0.25) is 5.75 Å². The van der Waals surface area contributed by atoms with Gasteiger partial charge in [0.1, 0.15) is 0 Å². The first-order valence-corrected chi connectivity index (χ1v) is 5.52. The van der Waals surface area contributed by atoms with Crippen LogP contribution >= 0.6 is 0 Å². The Balaban J connectivity index is 2.25. The lowest BCUT2D eigenvalue weighted by Gasteiger charge is -2.07. The summed E-state index contributed by atoms with van der Waals surface area (Å²) in [5, 5.41) is 9.72. The highest BCUT2D eigenvalue weighted by Gasteiger charge is 2.35. The quantitative estimate of drug-likeness (QED) is 0.812. The topological polar surface area (TPSA) is 91.3 Å². The third kappa shape index (κ3) is 2.40. The third-order valence-electron chi connectivity index (χ3n) is 2.39. The van der Waals surface area contributed by atoms with Crippen molar-refractivity contribution in [3.63, 3.8) is 0 Å². The molecular weight excluding hydrogens is 256 g/mol. The Labute approximate surface area is 108 Å². The summed E-state index contributed by atoms with van der Waals surface area (Å²) in [6.45, 7) is 1.82. The fourth-order valence-corrected chi connectivity index (χ4v) is 1.58. The largest absolute Gasteiger partial charge is 0.504 e. The van der Waals surface area contributed by atoms with Gasteiger partial charge in [0.05, 0.1) is 19.3 Å². The third-order valence-corrected chi connectivity index (χ3v) is 2.39. The molecule has 0 spiro atoms. The number of hydrogen-bond donors (Lipinski definition) is 1. The van der Waals surface area contributed by atoms with Gasteiger partial charge in [-0.15, -0.1) is 0 Å². The zero-order chi connectivity index (χ0) is 14.0. The smallest absolute Gasteiger partial charge is 0.389 e. The summed E-state index contributed by atoms with van der Waals surface area (Å²) in [7, 11) is 1.21. The lowest BCUT2D eigenvalue weighted by atomic mass is 10.2. The number of aromatic hydroxyl groups is 1. The number of phenols is 1. The van der Waals surface area contributed by atoms with Crippen molar-refractivity contribution in [3.8, 4) is 17.2 Å². The minimum Gasteiger partial charge on any atom is -0.504 e. The molecule has 1 unspecified atom stereocenters. The summed E-state index contributed by atoms with van der Waals surface area (Å²) in [6.07, 6.45) is -1.28. The summed E-state index contributed by atoms with van der Waals surface area (Å²) in [4.78, 5) is 22.8. The van der Waals surface area contributed by atoms with E-state index in [1.807, 2.05) is 0 Å². The molecule has 0 amide bonds. The van der Waals surface area contributed by atoms with Crippen molar-refractivity contribution in [2.24, 2.45) is 0 Å². The molecule has 0 saturated carbocycles. The predicted molar refractivity (Wildman–Crippen MR) is 61.1 cm³/mol. The van der Waals surface area contributed by atoms with Gasteiger partial charge in [-0.05, 0) is 19.1 Å². The maximum atomic E-state index is 11.5. The number of hydrogen-bond acceptors (Lipinski definition) is 7. The lowest BCUT2D eigenvalue weighted by molar-refractivity contribution is -0.161. The Bertz CT molecular complexity index is 523. The van der Waals surface area contributed by atoms with Crippen LogP contribution in [-0.4, -0.2) is 37.1 Å². The van der Waals surface area contributed by atoms with Crippen LogP contribution in [0.1, 0.15) is 17.3 Å². The molecule has 0 aromatic heterocycles. The molecule has 1 atom stereocenters. The maximum absolute atomic E-state index is 11.5. The summed E-state index contributed by atoms with van der Waals surface area (Å²) in [5.74, 6) is -1.59. The average Bonchev–Trinajstić information content (AvgIpc) is 2.82. The monoisotopic (exact) mass is 268 g/mol. The molecule has 2 rings (SSSR count). The van der Waals surface area contributed by atoms with Gasteiger partial charge in [-0.1, -0.05) is 0 Å². The van der Waals surface area contributed by atoms with E-state index in [4.69, 9.17) is 14.2 Å². The molecule has 1 aromatic rings. The van der Waals surface area contributed by atoms with Gasteiger partial charge < -0.3 is 24.1 Å². The molecule has 1 N–H and O–H groups in total. The Hall–Kier alpha value is -2.44. The second-order valence-corrected chi connectivity index (χ2v) is 3.63. The second kappa shape index (κ2) is 5.05. The van der Waals surface area contributed by atoms with Gasteiger partial charge in [0, 0.05) is 0 Å². The number of phenolic OH excluding ortho intramolecular Hbond substituents is 1. The van der Waals surface area contributed by atoms with Gasteiger partial charge in [-0.2, -0.15) is 0 Å². The van der Waals surface area contributed by atoms with Gasteiger partial charge in [-0.3, -0.25) is 0 Å². The zero-order valence-electron chi connectivity index (χ0n) is 10.3. The number of rotatable bonds is 3. The van der Waals surface area contributed by atoms with Crippen LogP contribution in [0.2, 0.25) is 0 Å². The van der Waals surface area contributed by atoms with Crippen LogP contribution in [0.3, 0.4) is 0 Å². The number of methoxy groups -OCH3 is 1. The van der Waals surface area contributed by atoms with Crippen molar-refractivity contribution in [2.45, 2.75) is 13.2 Å². The average molecular weight is 268 g/mol. The molecule has 0 bridgehead atoms. The van der Waals surface area contributed by atoms with Gasteiger partial charge in [-0.25, -0.2) is 9.59 Å². The Morgan fingerprint density at radius 3 is 2.74 bits per heavy atom. The van der Waals surface area contributed by atoms with Crippen LogP contribution in [0.15, 0.2) is 12.1 Å². The molecular formula is C12H12O7. The number of esters is 2. The van der Waals surface area contributed by atoms with E-state index in [2.05, 4.69) is 4.74 Å². The molecule has 7 heteroatoms. The van der Waals surface area contributed by atoms with Crippen LogP contribution < -0.4 is 9.47 Å². The predicted octanol–water partition coefficient (Wildman–Crippen LogP) is 0.839. The van der Waals surface area contributed by atoms with E-state index in [1.165, 1.54) is 19.2 Å². The highest BCUT2D eigenvalue weighted by Crippen LogP contribution is 2.43. The molecule has 1 aliphatic heterocycles. The van der Waals surface area contributed by atoms with Crippen LogP contribution in [0.4, 0.5) is 0 Å².